The summed E-state index contributed by atoms with van der Waals surface area (Å²) in [5.41, 5.74) is 0.524. The first-order valence-corrected chi connectivity index (χ1v) is 5.34. The van der Waals surface area contributed by atoms with Crippen molar-refractivity contribution < 1.29 is 9.53 Å². The van der Waals surface area contributed by atoms with E-state index < -0.39 is 10.1 Å². The molecule has 0 amide bonds. The van der Waals surface area contributed by atoms with Crippen molar-refractivity contribution in [2.75, 3.05) is 26.3 Å². The second-order valence-electron chi connectivity index (χ2n) is 3.17. The fourth-order valence-corrected chi connectivity index (χ4v) is 2.77. The van der Waals surface area contributed by atoms with Gasteiger partial charge in [0.25, 0.3) is 0 Å². The van der Waals surface area contributed by atoms with Gasteiger partial charge in [0, 0.05) is 13.1 Å². The van der Waals surface area contributed by atoms with Gasteiger partial charge in [0.15, 0.2) is 0 Å². The number of nitrogens with zero attached hydrogens (tertiary/aromatic N) is 1. The van der Waals surface area contributed by atoms with Gasteiger partial charge in [0.1, 0.15) is 5.03 Å². The molecule has 0 aromatic heterocycles. The van der Waals surface area contributed by atoms with E-state index in [0.717, 1.165) is 0 Å². The second kappa shape index (κ2) is 3.56. The smallest absolute Gasteiger partial charge is 0.222 e. The van der Waals surface area contributed by atoms with Gasteiger partial charge in [0.05, 0.1) is 18.9 Å². The van der Waals surface area contributed by atoms with E-state index in [4.69, 9.17) is 39.5 Å². The fraction of sp³-hybridized carbons (Fsp3) is 0.625. The zero-order valence-electron chi connectivity index (χ0n) is 7.23. The van der Waals surface area contributed by atoms with Crippen LogP contribution < -0.4 is 0 Å². The zero-order valence-corrected chi connectivity index (χ0v) is 9.49. The lowest BCUT2D eigenvalue weighted by atomic mass is 10.0. The number of carbonyl (C=O) groups is 1. The third kappa shape index (κ3) is 1.43. The van der Waals surface area contributed by atoms with Crippen molar-refractivity contribution in [1.82, 2.24) is 4.90 Å². The van der Waals surface area contributed by atoms with Gasteiger partial charge in [0.2, 0.25) is 10.1 Å². The molecule has 78 valence electrons. The number of ether oxygens (including phenoxy) is 1. The minimum atomic E-state index is -1.45. The molecule has 14 heavy (non-hydrogen) atoms. The van der Waals surface area contributed by atoms with Crippen molar-refractivity contribution in [3.05, 3.63) is 10.7 Å². The largest absolute Gasteiger partial charge is 0.378 e. The molecule has 1 aliphatic heterocycles. The number of ketones is 1. The highest BCUT2D eigenvalue weighted by Gasteiger charge is 2.53. The Morgan fingerprint density at radius 3 is 2.36 bits per heavy atom. The summed E-state index contributed by atoms with van der Waals surface area (Å²) >= 11 is 17.4. The van der Waals surface area contributed by atoms with Crippen LogP contribution in [0.3, 0.4) is 0 Å². The summed E-state index contributed by atoms with van der Waals surface area (Å²) in [4.78, 5) is 13.1. The molecule has 0 atom stereocenters. The van der Waals surface area contributed by atoms with Crippen LogP contribution in [0.1, 0.15) is 0 Å². The molecule has 0 radical (unpaired) electrons. The number of rotatable bonds is 1. The van der Waals surface area contributed by atoms with Crippen LogP contribution in [0.5, 0.6) is 0 Å². The number of alkyl halides is 2. The third-order valence-electron chi connectivity index (χ3n) is 2.32. The Kier molecular flexibility index (Phi) is 2.68. The van der Waals surface area contributed by atoms with Gasteiger partial charge in [-0.1, -0.05) is 34.8 Å². The number of Topliss-reactive ketones (excluding diaryl/α,β-unsaturated/α-hetero) is 1. The van der Waals surface area contributed by atoms with E-state index in [-0.39, 0.29) is 5.03 Å². The summed E-state index contributed by atoms with van der Waals surface area (Å²) < 4.78 is 3.72. The third-order valence-corrected chi connectivity index (χ3v) is 3.37. The van der Waals surface area contributed by atoms with Crippen molar-refractivity contribution in [1.29, 1.82) is 0 Å². The maximum absolute atomic E-state index is 11.2. The van der Waals surface area contributed by atoms with Gasteiger partial charge in [-0.05, 0) is 0 Å². The summed E-state index contributed by atoms with van der Waals surface area (Å²) in [5.74, 6) is -0.413. The van der Waals surface area contributed by atoms with Crippen LogP contribution >= 0.6 is 34.8 Å². The number of allylic oxidation sites excluding steroid dienone is 2. The van der Waals surface area contributed by atoms with Crippen LogP contribution in [0, 0.1) is 0 Å². The van der Waals surface area contributed by atoms with Gasteiger partial charge in [-0.25, -0.2) is 0 Å². The van der Waals surface area contributed by atoms with Crippen LogP contribution in [-0.4, -0.2) is 41.3 Å². The quantitative estimate of drug-likeness (QED) is 0.666. The normalized spacial score (nSPS) is 26.5. The van der Waals surface area contributed by atoms with E-state index in [0.29, 0.717) is 32.0 Å². The molecule has 2 aliphatic rings. The lowest BCUT2D eigenvalue weighted by Gasteiger charge is -2.41. The van der Waals surface area contributed by atoms with Gasteiger partial charge in [-0.15, -0.1) is 0 Å². The predicted molar refractivity (Wildman–Crippen MR) is 54.7 cm³/mol. The Balaban J connectivity index is 2.22. The van der Waals surface area contributed by atoms with Crippen LogP contribution in [0.25, 0.3) is 0 Å². The van der Waals surface area contributed by atoms with Crippen molar-refractivity contribution in [2.45, 2.75) is 4.33 Å². The maximum Gasteiger partial charge on any atom is 0.222 e. The van der Waals surface area contributed by atoms with E-state index in [1.807, 2.05) is 4.90 Å². The molecule has 0 unspecified atom stereocenters. The second-order valence-corrected chi connectivity index (χ2v) is 4.87. The average Bonchev–Trinajstić information content (AvgIpc) is 2.18. The predicted octanol–water partition coefficient (Wildman–Crippen LogP) is 1.53. The molecule has 6 heteroatoms. The Labute approximate surface area is 96.5 Å². The minimum Gasteiger partial charge on any atom is -0.378 e. The highest BCUT2D eigenvalue weighted by atomic mass is 35.5. The standard InChI is InChI=1S/C8H8Cl3NO2/c9-5-6(8(10,11)7(5)13)12-1-3-14-4-2-12/h1-4H2. The fourth-order valence-electron chi connectivity index (χ4n) is 1.55. The molecular weight excluding hydrogens is 248 g/mol. The molecule has 0 aromatic carbocycles. The van der Waals surface area contributed by atoms with Crippen molar-refractivity contribution in [2.24, 2.45) is 0 Å². The van der Waals surface area contributed by atoms with Crippen LogP contribution in [-0.2, 0) is 9.53 Å². The number of morpholine rings is 1. The van der Waals surface area contributed by atoms with Gasteiger partial charge < -0.3 is 9.64 Å². The van der Waals surface area contributed by atoms with Crippen LogP contribution in [0.4, 0.5) is 0 Å². The molecular formula is C8H8Cl3NO2. The Morgan fingerprint density at radius 2 is 1.86 bits per heavy atom. The molecule has 0 saturated carbocycles. The number of hydrogen-bond acceptors (Lipinski definition) is 3. The SMILES string of the molecule is O=C1C(Cl)=C(N2CCOCC2)C1(Cl)Cl. The lowest BCUT2D eigenvalue weighted by molar-refractivity contribution is -0.117. The molecule has 0 spiro atoms. The first-order chi connectivity index (χ1) is 6.55. The number of hydrogen-bond donors (Lipinski definition) is 0. The Hall–Kier alpha value is 0.0400. The molecule has 2 rings (SSSR count). The number of halogens is 3. The summed E-state index contributed by atoms with van der Waals surface area (Å²) in [7, 11) is 0. The first-order valence-electron chi connectivity index (χ1n) is 4.20. The monoisotopic (exact) mass is 255 g/mol. The minimum absolute atomic E-state index is 0.150. The van der Waals surface area contributed by atoms with E-state index in [9.17, 15) is 4.79 Å². The molecule has 1 aliphatic carbocycles. The Bertz CT molecular complexity index is 308. The van der Waals surface area contributed by atoms with Crippen molar-refractivity contribution in [3.8, 4) is 0 Å². The first kappa shape index (κ1) is 10.6. The van der Waals surface area contributed by atoms with Crippen LogP contribution in [0.15, 0.2) is 10.7 Å². The molecule has 1 saturated heterocycles. The molecule has 0 bridgehead atoms. The molecule has 1 fully saturated rings. The topological polar surface area (TPSA) is 29.5 Å². The molecule has 0 aromatic rings. The summed E-state index contributed by atoms with van der Waals surface area (Å²) in [5, 5.41) is 0.150. The summed E-state index contributed by atoms with van der Waals surface area (Å²) in [6, 6.07) is 0. The van der Waals surface area contributed by atoms with Gasteiger partial charge in [-0.2, -0.15) is 0 Å². The van der Waals surface area contributed by atoms with E-state index >= 15 is 0 Å². The van der Waals surface area contributed by atoms with E-state index in [1.165, 1.54) is 0 Å². The van der Waals surface area contributed by atoms with E-state index in [2.05, 4.69) is 0 Å². The molecule has 0 N–H and O–H groups in total. The highest BCUT2D eigenvalue weighted by Crippen LogP contribution is 2.47. The van der Waals surface area contributed by atoms with Crippen molar-refractivity contribution in [3.63, 3.8) is 0 Å². The lowest BCUT2D eigenvalue weighted by Crippen LogP contribution is -2.51. The number of carbonyl (C=O) groups excluding carboxylic acids is 1. The maximum atomic E-state index is 11.2. The van der Waals surface area contributed by atoms with E-state index in [1.54, 1.807) is 0 Å². The van der Waals surface area contributed by atoms with Gasteiger partial charge in [-0.3, -0.25) is 4.79 Å². The summed E-state index contributed by atoms with van der Waals surface area (Å²) in [6.45, 7) is 2.54. The highest BCUT2D eigenvalue weighted by molar-refractivity contribution is 6.70. The van der Waals surface area contributed by atoms with Gasteiger partial charge >= 0.3 is 0 Å². The molecule has 1 heterocycles. The molecule has 3 nitrogen and oxygen atoms in total. The summed E-state index contributed by atoms with van der Waals surface area (Å²) in [6.07, 6.45) is 0. The van der Waals surface area contributed by atoms with Crippen molar-refractivity contribution >= 4 is 40.6 Å². The zero-order chi connectivity index (χ0) is 10.3. The Morgan fingerprint density at radius 1 is 1.29 bits per heavy atom. The van der Waals surface area contributed by atoms with Crippen LogP contribution in [0.2, 0.25) is 0 Å². The average molecular weight is 257 g/mol.